The Morgan fingerprint density at radius 1 is 1.40 bits per heavy atom. The summed E-state index contributed by atoms with van der Waals surface area (Å²) in [6, 6.07) is 0.606. The average Bonchev–Trinajstić information content (AvgIpc) is 2.48. The largest absolute Gasteiger partial charge is 0.369 e. The monoisotopic (exact) mass is 342 g/mol. The number of piperidine rings is 1. The molecule has 0 spiro atoms. The Kier molecular flexibility index (Phi) is 5.60. The van der Waals surface area contributed by atoms with Gasteiger partial charge in [0.05, 0.1) is 11.9 Å². The molecule has 0 atom stereocenters. The molecule has 0 unspecified atom stereocenters. The molecular formula is C14H23BrN4O. The first-order valence-electron chi connectivity index (χ1n) is 7.41. The highest BCUT2D eigenvalue weighted by Crippen LogP contribution is 2.24. The number of anilines is 1. The van der Waals surface area contributed by atoms with Gasteiger partial charge in [0.1, 0.15) is 4.47 Å². The molecule has 0 aliphatic carbocycles. The van der Waals surface area contributed by atoms with Crippen LogP contribution in [-0.4, -0.2) is 35.5 Å². The van der Waals surface area contributed by atoms with Crippen molar-refractivity contribution < 1.29 is 0 Å². The third-order valence-electron chi connectivity index (χ3n) is 3.78. The van der Waals surface area contributed by atoms with Crippen molar-refractivity contribution in [3.05, 3.63) is 21.0 Å². The Morgan fingerprint density at radius 3 is 2.70 bits per heavy atom. The first-order valence-corrected chi connectivity index (χ1v) is 8.20. The van der Waals surface area contributed by atoms with Crippen LogP contribution in [0.3, 0.4) is 0 Å². The summed E-state index contributed by atoms with van der Waals surface area (Å²) in [6.07, 6.45) is 5.20. The van der Waals surface area contributed by atoms with Crippen molar-refractivity contribution in [3.63, 3.8) is 0 Å². The molecule has 0 radical (unpaired) electrons. The zero-order valence-electron chi connectivity index (χ0n) is 12.2. The van der Waals surface area contributed by atoms with Crippen LogP contribution in [0.25, 0.3) is 0 Å². The summed E-state index contributed by atoms with van der Waals surface area (Å²) in [7, 11) is 0. The van der Waals surface area contributed by atoms with E-state index in [1.54, 1.807) is 6.20 Å². The van der Waals surface area contributed by atoms with E-state index in [9.17, 15) is 4.79 Å². The minimum atomic E-state index is -0.0452. The lowest BCUT2D eigenvalue weighted by molar-refractivity contribution is 0.415. The summed E-state index contributed by atoms with van der Waals surface area (Å²) in [5.41, 5.74) is 0.880. The molecule has 0 aromatic carbocycles. The highest BCUT2D eigenvalue weighted by Gasteiger charge is 2.21. The fraction of sp³-hybridized carbons (Fsp3) is 0.714. The second-order valence-corrected chi connectivity index (χ2v) is 5.97. The summed E-state index contributed by atoms with van der Waals surface area (Å²) in [5.74, 6) is 0. The Hall–Kier alpha value is -0.880. The van der Waals surface area contributed by atoms with Gasteiger partial charge in [0, 0.05) is 25.7 Å². The maximum Gasteiger partial charge on any atom is 0.283 e. The third kappa shape index (κ3) is 3.41. The Balaban J connectivity index is 2.04. The lowest BCUT2D eigenvalue weighted by Crippen LogP contribution is -2.43. The minimum absolute atomic E-state index is 0.0452. The van der Waals surface area contributed by atoms with Crippen LogP contribution in [0, 0.1) is 0 Å². The van der Waals surface area contributed by atoms with Crippen LogP contribution < -0.4 is 15.8 Å². The normalized spacial score (nSPS) is 16.6. The molecular weight excluding hydrogens is 320 g/mol. The quantitative estimate of drug-likeness (QED) is 0.888. The molecule has 2 rings (SSSR count). The van der Waals surface area contributed by atoms with Crippen molar-refractivity contribution in [2.45, 2.75) is 45.7 Å². The smallest absolute Gasteiger partial charge is 0.283 e. The van der Waals surface area contributed by atoms with Gasteiger partial charge in [-0.15, -0.1) is 0 Å². The van der Waals surface area contributed by atoms with Gasteiger partial charge in [-0.3, -0.25) is 4.79 Å². The lowest BCUT2D eigenvalue weighted by atomic mass is 10.0. The number of aryl methyl sites for hydroxylation is 1. The van der Waals surface area contributed by atoms with Crippen molar-refractivity contribution in [2.24, 2.45) is 0 Å². The molecule has 1 aromatic rings. The number of hydrogen-bond donors (Lipinski definition) is 1. The standard InChI is InChI=1S/C14H23BrN4O/c1-3-7-16-11-5-8-18(9-6-11)12-10-17-19(4-2)14(20)13(12)15/h10-11,16H,3-9H2,1-2H3. The van der Waals surface area contributed by atoms with Crippen LogP contribution in [0.1, 0.15) is 33.1 Å². The molecule has 0 amide bonds. The van der Waals surface area contributed by atoms with E-state index in [0.717, 1.165) is 38.2 Å². The predicted octanol–water partition coefficient (Wildman–Crippen LogP) is 1.99. The number of nitrogens with one attached hydrogen (secondary N) is 1. The van der Waals surface area contributed by atoms with E-state index in [1.807, 2.05) is 6.92 Å². The van der Waals surface area contributed by atoms with Gasteiger partial charge >= 0.3 is 0 Å². The van der Waals surface area contributed by atoms with E-state index in [2.05, 4.69) is 38.2 Å². The average molecular weight is 343 g/mol. The molecule has 1 aromatic heterocycles. The number of rotatable bonds is 5. The maximum absolute atomic E-state index is 12.1. The zero-order chi connectivity index (χ0) is 14.5. The molecule has 1 saturated heterocycles. The zero-order valence-corrected chi connectivity index (χ0v) is 13.8. The van der Waals surface area contributed by atoms with Gasteiger partial charge in [-0.2, -0.15) is 5.10 Å². The van der Waals surface area contributed by atoms with Gasteiger partial charge in [-0.1, -0.05) is 6.92 Å². The molecule has 5 nitrogen and oxygen atoms in total. The third-order valence-corrected chi connectivity index (χ3v) is 4.53. The summed E-state index contributed by atoms with van der Waals surface area (Å²) in [5, 5.41) is 7.79. The van der Waals surface area contributed by atoms with Crippen LogP contribution in [0.15, 0.2) is 15.5 Å². The van der Waals surface area contributed by atoms with E-state index in [0.29, 0.717) is 17.1 Å². The van der Waals surface area contributed by atoms with E-state index >= 15 is 0 Å². The molecule has 6 heteroatoms. The van der Waals surface area contributed by atoms with Crippen molar-refractivity contribution in [1.29, 1.82) is 0 Å². The molecule has 1 aliphatic rings. The van der Waals surface area contributed by atoms with Gasteiger partial charge in [-0.05, 0) is 48.7 Å². The van der Waals surface area contributed by atoms with Gasteiger partial charge in [0.15, 0.2) is 0 Å². The SMILES string of the molecule is CCCNC1CCN(c2cnn(CC)c(=O)c2Br)CC1. The first-order chi connectivity index (χ1) is 9.67. The topological polar surface area (TPSA) is 50.2 Å². The molecule has 2 heterocycles. The van der Waals surface area contributed by atoms with Gasteiger partial charge in [-0.25, -0.2) is 4.68 Å². The Labute approximate surface area is 128 Å². The summed E-state index contributed by atoms with van der Waals surface area (Å²) in [6.45, 7) is 7.73. The van der Waals surface area contributed by atoms with Gasteiger partial charge < -0.3 is 10.2 Å². The van der Waals surface area contributed by atoms with E-state index in [4.69, 9.17) is 0 Å². The summed E-state index contributed by atoms with van der Waals surface area (Å²) >= 11 is 3.43. The van der Waals surface area contributed by atoms with Crippen LogP contribution in [0.2, 0.25) is 0 Å². The van der Waals surface area contributed by atoms with Crippen LogP contribution >= 0.6 is 15.9 Å². The van der Waals surface area contributed by atoms with Crippen LogP contribution in [0.5, 0.6) is 0 Å². The van der Waals surface area contributed by atoms with E-state index < -0.39 is 0 Å². The second-order valence-electron chi connectivity index (χ2n) is 5.18. The molecule has 0 saturated carbocycles. The van der Waals surface area contributed by atoms with Crippen molar-refractivity contribution >= 4 is 21.6 Å². The fourth-order valence-electron chi connectivity index (χ4n) is 2.58. The number of nitrogens with zero attached hydrogens (tertiary/aromatic N) is 3. The van der Waals surface area contributed by atoms with Crippen molar-refractivity contribution in [1.82, 2.24) is 15.1 Å². The van der Waals surface area contributed by atoms with Gasteiger partial charge in [0.2, 0.25) is 0 Å². The first kappa shape index (κ1) is 15.5. The lowest BCUT2D eigenvalue weighted by Gasteiger charge is -2.34. The van der Waals surface area contributed by atoms with E-state index in [-0.39, 0.29) is 5.56 Å². The summed E-state index contributed by atoms with van der Waals surface area (Å²) in [4.78, 5) is 14.3. The van der Waals surface area contributed by atoms with Crippen LogP contribution in [-0.2, 0) is 6.54 Å². The second kappa shape index (κ2) is 7.22. The predicted molar refractivity (Wildman–Crippen MR) is 85.4 cm³/mol. The molecule has 20 heavy (non-hydrogen) atoms. The van der Waals surface area contributed by atoms with Crippen molar-refractivity contribution in [3.8, 4) is 0 Å². The Bertz CT molecular complexity index is 494. The number of aromatic nitrogens is 2. The molecule has 1 fully saturated rings. The molecule has 1 N–H and O–H groups in total. The van der Waals surface area contributed by atoms with Crippen molar-refractivity contribution in [2.75, 3.05) is 24.5 Å². The fourth-order valence-corrected chi connectivity index (χ4v) is 3.13. The minimum Gasteiger partial charge on any atom is -0.369 e. The van der Waals surface area contributed by atoms with E-state index in [1.165, 1.54) is 11.1 Å². The number of halogens is 1. The maximum atomic E-state index is 12.1. The van der Waals surface area contributed by atoms with Crippen LogP contribution in [0.4, 0.5) is 5.69 Å². The molecule has 112 valence electrons. The van der Waals surface area contributed by atoms with Gasteiger partial charge in [0.25, 0.3) is 5.56 Å². The highest BCUT2D eigenvalue weighted by molar-refractivity contribution is 9.10. The summed E-state index contributed by atoms with van der Waals surface area (Å²) < 4.78 is 2.11. The molecule has 1 aliphatic heterocycles. The molecule has 0 bridgehead atoms. The number of hydrogen-bond acceptors (Lipinski definition) is 4. The Morgan fingerprint density at radius 2 is 2.10 bits per heavy atom. The highest BCUT2D eigenvalue weighted by atomic mass is 79.9.